The predicted octanol–water partition coefficient (Wildman–Crippen LogP) is 3.45. The second-order valence-corrected chi connectivity index (χ2v) is 5.68. The molecule has 4 heteroatoms. The van der Waals surface area contributed by atoms with Crippen LogP contribution in [0.1, 0.15) is 65.7 Å². The highest BCUT2D eigenvalue weighted by molar-refractivity contribution is 5.10. The van der Waals surface area contributed by atoms with Crippen molar-refractivity contribution >= 4 is 0 Å². The third kappa shape index (κ3) is 3.49. The fourth-order valence-electron chi connectivity index (χ4n) is 3.79. The summed E-state index contributed by atoms with van der Waals surface area (Å²) in [6.45, 7) is 14.5. The minimum atomic E-state index is 0.120. The fraction of sp³-hybridized carbons (Fsp3) is 0.824. The van der Waals surface area contributed by atoms with Crippen LogP contribution in [0.3, 0.4) is 0 Å². The second kappa shape index (κ2) is 8.54. The first-order chi connectivity index (χ1) is 10.1. The molecule has 0 aliphatic heterocycles. The lowest BCUT2D eigenvalue weighted by molar-refractivity contribution is 0.0471. The maximum Gasteiger partial charge on any atom is 0.127 e. The van der Waals surface area contributed by atoms with Crippen LogP contribution < -0.4 is 5.32 Å². The van der Waals surface area contributed by atoms with E-state index in [2.05, 4.69) is 62.6 Å². The average molecular weight is 294 g/mol. The molecule has 0 bridgehead atoms. The molecule has 1 unspecified atom stereocenters. The van der Waals surface area contributed by atoms with Crippen molar-refractivity contribution in [1.82, 2.24) is 19.8 Å². The van der Waals surface area contributed by atoms with Crippen molar-refractivity contribution < 1.29 is 0 Å². The molecular formula is C17H34N4. The van der Waals surface area contributed by atoms with Crippen molar-refractivity contribution in [3.8, 4) is 0 Å². The normalized spacial score (nSPS) is 13.9. The van der Waals surface area contributed by atoms with Gasteiger partial charge in [0.25, 0.3) is 0 Å². The van der Waals surface area contributed by atoms with Gasteiger partial charge in [-0.3, -0.25) is 4.90 Å². The molecule has 1 aromatic heterocycles. The average Bonchev–Trinajstić information content (AvgIpc) is 2.95. The van der Waals surface area contributed by atoms with Gasteiger partial charge in [0.2, 0.25) is 0 Å². The lowest BCUT2D eigenvalue weighted by Gasteiger charge is -2.47. The number of hydrogen-bond donors (Lipinski definition) is 1. The summed E-state index contributed by atoms with van der Waals surface area (Å²) in [4.78, 5) is 7.29. The van der Waals surface area contributed by atoms with Gasteiger partial charge in [0.1, 0.15) is 5.82 Å². The van der Waals surface area contributed by atoms with Crippen LogP contribution in [0.4, 0.5) is 0 Å². The van der Waals surface area contributed by atoms with E-state index in [0.29, 0.717) is 0 Å². The maximum atomic E-state index is 4.69. The number of rotatable bonds is 10. The van der Waals surface area contributed by atoms with Crippen LogP contribution in [0.2, 0.25) is 0 Å². The summed E-state index contributed by atoms with van der Waals surface area (Å²) >= 11 is 0. The van der Waals surface area contributed by atoms with Gasteiger partial charge in [-0.05, 0) is 39.4 Å². The highest BCUT2D eigenvalue weighted by Crippen LogP contribution is 2.36. The minimum absolute atomic E-state index is 0.120. The van der Waals surface area contributed by atoms with Crippen molar-refractivity contribution in [1.29, 1.82) is 0 Å². The van der Waals surface area contributed by atoms with Gasteiger partial charge in [-0.1, -0.05) is 34.6 Å². The number of nitrogens with one attached hydrogen (secondary N) is 1. The van der Waals surface area contributed by atoms with E-state index < -0.39 is 0 Å². The van der Waals surface area contributed by atoms with Crippen LogP contribution >= 0.6 is 0 Å². The molecule has 1 N–H and O–H groups in total. The first-order valence-electron chi connectivity index (χ1n) is 8.58. The minimum Gasteiger partial charge on any atom is -0.334 e. The van der Waals surface area contributed by atoms with Gasteiger partial charge in [0, 0.05) is 24.5 Å². The van der Waals surface area contributed by atoms with Crippen LogP contribution in [0, 0.1) is 0 Å². The topological polar surface area (TPSA) is 33.1 Å². The van der Waals surface area contributed by atoms with Crippen LogP contribution in [0.5, 0.6) is 0 Å². The van der Waals surface area contributed by atoms with Gasteiger partial charge in [0.05, 0.1) is 6.04 Å². The second-order valence-electron chi connectivity index (χ2n) is 5.68. The Labute approximate surface area is 130 Å². The van der Waals surface area contributed by atoms with Crippen molar-refractivity contribution in [2.75, 3.05) is 20.1 Å². The lowest BCUT2D eigenvalue weighted by Crippen LogP contribution is -2.56. The smallest absolute Gasteiger partial charge is 0.127 e. The van der Waals surface area contributed by atoms with E-state index in [1.807, 2.05) is 6.20 Å². The molecule has 1 aromatic rings. The summed E-state index contributed by atoms with van der Waals surface area (Å²) in [6, 6.07) is 0.258. The molecule has 0 saturated carbocycles. The third-order valence-corrected chi connectivity index (χ3v) is 4.91. The highest BCUT2D eigenvalue weighted by Gasteiger charge is 2.41. The zero-order valence-electron chi connectivity index (χ0n) is 14.8. The number of imidazole rings is 1. The Bertz CT molecular complexity index is 391. The molecule has 1 rings (SSSR count). The maximum absolute atomic E-state index is 4.69. The molecule has 0 spiro atoms. The van der Waals surface area contributed by atoms with E-state index in [0.717, 1.165) is 38.9 Å². The summed E-state index contributed by atoms with van der Waals surface area (Å²) in [5, 5.41) is 3.57. The lowest BCUT2D eigenvalue weighted by atomic mass is 9.81. The monoisotopic (exact) mass is 294 g/mol. The van der Waals surface area contributed by atoms with Crippen molar-refractivity contribution in [2.24, 2.45) is 0 Å². The summed E-state index contributed by atoms with van der Waals surface area (Å²) < 4.78 is 2.31. The summed E-state index contributed by atoms with van der Waals surface area (Å²) in [6.07, 6.45) is 7.43. The van der Waals surface area contributed by atoms with Gasteiger partial charge in [-0.15, -0.1) is 0 Å². The van der Waals surface area contributed by atoms with Crippen LogP contribution in [0.25, 0.3) is 0 Å². The van der Waals surface area contributed by atoms with E-state index >= 15 is 0 Å². The number of likely N-dealkylation sites (N-methyl/N-ethyl adjacent to an activating group) is 2. The first kappa shape index (κ1) is 18.2. The molecule has 0 aliphatic carbocycles. The van der Waals surface area contributed by atoms with Gasteiger partial charge in [-0.25, -0.2) is 4.98 Å². The Kier molecular flexibility index (Phi) is 7.40. The molecular weight excluding hydrogens is 260 g/mol. The molecule has 21 heavy (non-hydrogen) atoms. The molecule has 1 atom stereocenters. The Morgan fingerprint density at radius 3 is 2.24 bits per heavy atom. The quantitative estimate of drug-likeness (QED) is 0.717. The Morgan fingerprint density at radius 2 is 1.81 bits per heavy atom. The zero-order valence-corrected chi connectivity index (χ0v) is 14.8. The largest absolute Gasteiger partial charge is 0.334 e. The van der Waals surface area contributed by atoms with Crippen LogP contribution in [-0.4, -0.2) is 40.1 Å². The third-order valence-electron chi connectivity index (χ3n) is 4.91. The number of hydrogen-bond acceptors (Lipinski definition) is 3. The van der Waals surface area contributed by atoms with Crippen LogP contribution in [-0.2, 0) is 6.54 Å². The summed E-state index contributed by atoms with van der Waals surface area (Å²) in [7, 11) is 2.07. The van der Waals surface area contributed by atoms with Crippen molar-refractivity contribution in [2.45, 2.75) is 72.0 Å². The molecule has 0 aliphatic rings. The SMILES string of the molecule is CCCn1ccnc1C(NC)C(CC)(CC)N(CC)CC. The van der Waals surface area contributed by atoms with E-state index in [4.69, 9.17) is 4.98 Å². The Balaban J connectivity index is 3.27. The summed E-state index contributed by atoms with van der Waals surface area (Å²) in [5.74, 6) is 1.18. The van der Waals surface area contributed by atoms with E-state index in [-0.39, 0.29) is 11.6 Å². The van der Waals surface area contributed by atoms with Crippen molar-refractivity contribution in [3.63, 3.8) is 0 Å². The molecule has 122 valence electrons. The Morgan fingerprint density at radius 1 is 1.19 bits per heavy atom. The van der Waals surface area contributed by atoms with Gasteiger partial charge >= 0.3 is 0 Å². The van der Waals surface area contributed by atoms with Crippen LogP contribution in [0.15, 0.2) is 12.4 Å². The van der Waals surface area contributed by atoms with E-state index in [1.165, 1.54) is 5.82 Å². The standard InChI is InChI=1S/C17H34N4/c1-7-13-20-14-12-19-16(20)15(18-6)17(8-2,9-3)21(10-4)11-5/h12,14-15,18H,7-11,13H2,1-6H3. The molecule has 4 nitrogen and oxygen atoms in total. The molecule has 0 aromatic carbocycles. The molecule has 0 amide bonds. The van der Waals surface area contributed by atoms with E-state index in [9.17, 15) is 0 Å². The van der Waals surface area contributed by atoms with Gasteiger partial charge < -0.3 is 9.88 Å². The predicted molar refractivity (Wildman–Crippen MR) is 90.6 cm³/mol. The molecule has 0 saturated heterocycles. The molecule has 0 fully saturated rings. The fourth-order valence-corrected chi connectivity index (χ4v) is 3.79. The summed E-state index contributed by atoms with van der Waals surface area (Å²) in [5.41, 5.74) is 0.120. The van der Waals surface area contributed by atoms with Crippen molar-refractivity contribution in [3.05, 3.63) is 18.2 Å². The molecule has 0 radical (unpaired) electrons. The first-order valence-corrected chi connectivity index (χ1v) is 8.58. The highest BCUT2D eigenvalue weighted by atomic mass is 15.2. The number of aromatic nitrogens is 2. The van der Waals surface area contributed by atoms with Gasteiger partial charge in [-0.2, -0.15) is 0 Å². The number of nitrogens with zero attached hydrogens (tertiary/aromatic N) is 3. The van der Waals surface area contributed by atoms with E-state index in [1.54, 1.807) is 0 Å². The Hall–Kier alpha value is -0.870. The molecule has 1 heterocycles. The number of aryl methyl sites for hydroxylation is 1. The van der Waals surface area contributed by atoms with Gasteiger partial charge in [0.15, 0.2) is 0 Å². The zero-order chi connectivity index (χ0) is 15.9.